The van der Waals surface area contributed by atoms with Crippen LogP contribution in [0.3, 0.4) is 0 Å². The molecule has 0 heterocycles. The van der Waals surface area contributed by atoms with Gasteiger partial charge in [-0.2, -0.15) is 0 Å². The molecule has 4 nitrogen and oxygen atoms in total. The van der Waals surface area contributed by atoms with E-state index in [0.717, 1.165) is 0 Å². The molecule has 0 aliphatic heterocycles. The number of halogens is 1. The molecule has 98 valence electrons. The molecule has 0 aliphatic carbocycles. The van der Waals surface area contributed by atoms with E-state index in [1.165, 1.54) is 6.07 Å². The van der Waals surface area contributed by atoms with Crippen LogP contribution >= 0.6 is 28.1 Å². The third kappa shape index (κ3) is 3.68. The second-order valence-electron chi connectivity index (χ2n) is 4.10. The van der Waals surface area contributed by atoms with Crippen molar-refractivity contribution in [3.05, 3.63) is 28.2 Å². The monoisotopic (exact) mass is 330 g/mol. The Morgan fingerprint density at radius 3 is 2.72 bits per heavy atom. The lowest BCUT2D eigenvalue weighted by Gasteiger charge is -2.24. The van der Waals surface area contributed by atoms with Gasteiger partial charge in [0.15, 0.2) is 0 Å². The number of phenols is 1. The molecule has 1 atom stereocenters. The molecular formula is C12H15BrN2O2S. The van der Waals surface area contributed by atoms with Crippen molar-refractivity contribution in [3.8, 4) is 5.75 Å². The van der Waals surface area contributed by atoms with Crippen LogP contribution in [-0.4, -0.2) is 34.0 Å². The highest BCUT2D eigenvalue weighted by Gasteiger charge is 2.18. The lowest BCUT2D eigenvalue weighted by molar-refractivity contribution is 0.0747. The van der Waals surface area contributed by atoms with Crippen LogP contribution in [0, 0.1) is 0 Å². The Bertz CT molecular complexity index is 479. The Morgan fingerprint density at radius 1 is 1.61 bits per heavy atom. The summed E-state index contributed by atoms with van der Waals surface area (Å²) in [7, 11) is 1.68. The number of nitrogens with two attached hydrogens (primary N) is 1. The summed E-state index contributed by atoms with van der Waals surface area (Å²) in [4.78, 5) is 14.1. The third-order valence-electron chi connectivity index (χ3n) is 2.67. The summed E-state index contributed by atoms with van der Waals surface area (Å²) in [6.45, 7) is 1.87. The lowest BCUT2D eigenvalue weighted by Crippen LogP contribution is -2.37. The SMILES string of the molecule is CC(CC(N)=S)N(C)C(=O)c1ccc(Br)c(O)c1. The third-order valence-corrected chi connectivity index (χ3v) is 3.51. The van der Waals surface area contributed by atoms with Gasteiger partial charge in [0, 0.05) is 25.1 Å². The maximum Gasteiger partial charge on any atom is 0.253 e. The minimum atomic E-state index is -0.179. The fourth-order valence-corrected chi connectivity index (χ4v) is 1.97. The molecule has 1 aromatic rings. The van der Waals surface area contributed by atoms with Gasteiger partial charge < -0.3 is 15.7 Å². The largest absolute Gasteiger partial charge is 0.507 e. The van der Waals surface area contributed by atoms with Crippen LogP contribution in [0.2, 0.25) is 0 Å². The van der Waals surface area contributed by atoms with E-state index in [9.17, 15) is 9.90 Å². The van der Waals surface area contributed by atoms with Gasteiger partial charge in [0.1, 0.15) is 5.75 Å². The number of benzene rings is 1. The van der Waals surface area contributed by atoms with Gasteiger partial charge >= 0.3 is 0 Å². The predicted octanol–water partition coefficient (Wildman–Crippen LogP) is 2.29. The number of hydrogen-bond acceptors (Lipinski definition) is 3. The van der Waals surface area contributed by atoms with E-state index in [1.54, 1.807) is 24.1 Å². The zero-order valence-electron chi connectivity index (χ0n) is 10.2. The highest BCUT2D eigenvalue weighted by Crippen LogP contribution is 2.25. The molecule has 0 saturated heterocycles. The van der Waals surface area contributed by atoms with Gasteiger partial charge in [-0.25, -0.2) is 0 Å². The van der Waals surface area contributed by atoms with E-state index in [-0.39, 0.29) is 17.7 Å². The van der Waals surface area contributed by atoms with Gasteiger partial charge in [0.25, 0.3) is 5.91 Å². The summed E-state index contributed by atoms with van der Waals surface area (Å²) < 4.78 is 0.554. The van der Waals surface area contributed by atoms with Crippen molar-refractivity contribution in [2.45, 2.75) is 19.4 Å². The predicted molar refractivity (Wildman–Crippen MR) is 78.8 cm³/mol. The fourth-order valence-electron chi connectivity index (χ4n) is 1.48. The fraction of sp³-hybridized carbons (Fsp3) is 0.333. The van der Waals surface area contributed by atoms with Crippen LogP contribution < -0.4 is 5.73 Å². The van der Waals surface area contributed by atoms with Gasteiger partial charge in [-0.05, 0) is 41.1 Å². The van der Waals surface area contributed by atoms with Crippen molar-refractivity contribution in [2.75, 3.05) is 7.05 Å². The number of carbonyl (C=O) groups is 1. The number of nitrogens with zero attached hydrogens (tertiary/aromatic N) is 1. The Balaban J connectivity index is 2.86. The Labute approximate surface area is 120 Å². The molecular weight excluding hydrogens is 316 g/mol. The highest BCUT2D eigenvalue weighted by atomic mass is 79.9. The van der Waals surface area contributed by atoms with E-state index in [4.69, 9.17) is 18.0 Å². The molecule has 0 aromatic heterocycles. The topological polar surface area (TPSA) is 66.6 Å². The maximum atomic E-state index is 12.1. The van der Waals surface area contributed by atoms with Gasteiger partial charge in [-0.3, -0.25) is 4.79 Å². The van der Waals surface area contributed by atoms with Gasteiger partial charge in [0.05, 0.1) is 9.46 Å². The molecule has 0 radical (unpaired) electrons. The standard InChI is InChI=1S/C12H15BrN2O2S/c1-7(5-11(14)18)15(2)12(17)8-3-4-9(13)10(16)6-8/h3-4,6-7,16H,5H2,1-2H3,(H2,14,18). The number of amides is 1. The minimum Gasteiger partial charge on any atom is -0.507 e. The average molecular weight is 331 g/mol. The van der Waals surface area contributed by atoms with Crippen LogP contribution in [0.25, 0.3) is 0 Å². The van der Waals surface area contributed by atoms with Crippen LogP contribution in [0.15, 0.2) is 22.7 Å². The van der Waals surface area contributed by atoms with E-state index in [1.807, 2.05) is 6.92 Å². The summed E-state index contributed by atoms with van der Waals surface area (Å²) >= 11 is 7.99. The van der Waals surface area contributed by atoms with Crippen LogP contribution in [0.1, 0.15) is 23.7 Å². The van der Waals surface area contributed by atoms with E-state index >= 15 is 0 Å². The maximum absolute atomic E-state index is 12.1. The van der Waals surface area contributed by atoms with Crippen LogP contribution in [0.4, 0.5) is 0 Å². The van der Waals surface area contributed by atoms with E-state index in [0.29, 0.717) is 21.4 Å². The summed E-state index contributed by atoms with van der Waals surface area (Å²) in [5.41, 5.74) is 5.89. The van der Waals surface area contributed by atoms with Crippen LogP contribution in [0.5, 0.6) is 5.75 Å². The lowest BCUT2D eigenvalue weighted by atomic mass is 10.1. The molecule has 3 N–H and O–H groups in total. The van der Waals surface area contributed by atoms with Crippen molar-refractivity contribution in [1.82, 2.24) is 4.90 Å². The second kappa shape index (κ2) is 6.15. The average Bonchev–Trinajstić information content (AvgIpc) is 2.30. The van der Waals surface area contributed by atoms with E-state index < -0.39 is 0 Å². The molecule has 0 saturated carbocycles. The zero-order valence-corrected chi connectivity index (χ0v) is 12.6. The number of carbonyl (C=O) groups excluding carboxylic acids is 1. The van der Waals surface area contributed by atoms with Crippen molar-refractivity contribution >= 4 is 39.0 Å². The molecule has 18 heavy (non-hydrogen) atoms. The van der Waals surface area contributed by atoms with Crippen molar-refractivity contribution < 1.29 is 9.90 Å². The molecule has 0 fully saturated rings. The van der Waals surface area contributed by atoms with Gasteiger partial charge in [0.2, 0.25) is 0 Å². The minimum absolute atomic E-state index is 0.0382. The quantitative estimate of drug-likeness (QED) is 0.831. The first-order valence-electron chi connectivity index (χ1n) is 5.37. The number of hydrogen-bond donors (Lipinski definition) is 2. The molecule has 1 aromatic carbocycles. The van der Waals surface area contributed by atoms with Crippen LogP contribution in [-0.2, 0) is 0 Å². The Hall–Kier alpha value is -1.14. The van der Waals surface area contributed by atoms with E-state index in [2.05, 4.69) is 15.9 Å². The number of thiocarbonyl (C=S) groups is 1. The van der Waals surface area contributed by atoms with Gasteiger partial charge in [-0.15, -0.1) is 0 Å². The summed E-state index contributed by atoms with van der Waals surface area (Å²) in [5, 5.41) is 9.56. The molecule has 0 aliphatic rings. The summed E-state index contributed by atoms with van der Waals surface area (Å²) in [5.74, 6) is -0.141. The first kappa shape index (κ1) is 14.9. The normalized spacial score (nSPS) is 11.9. The zero-order chi connectivity index (χ0) is 13.9. The Morgan fingerprint density at radius 2 is 2.22 bits per heavy atom. The molecule has 0 spiro atoms. The Kier molecular flexibility index (Phi) is 5.10. The van der Waals surface area contributed by atoms with Crippen molar-refractivity contribution in [1.29, 1.82) is 0 Å². The highest BCUT2D eigenvalue weighted by molar-refractivity contribution is 9.10. The number of rotatable bonds is 4. The van der Waals surface area contributed by atoms with Crippen molar-refractivity contribution in [3.63, 3.8) is 0 Å². The first-order chi connectivity index (χ1) is 8.32. The molecule has 1 rings (SSSR count). The van der Waals surface area contributed by atoms with Crippen molar-refractivity contribution in [2.24, 2.45) is 5.73 Å². The summed E-state index contributed by atoms with van der Waals surface area (Å²) in [6.07, 6.45) is 0.472. The smallest absolute Gasteiger partial charge is 0.253 e. The number of aromatic hydroxyl groups is 1. The molecule has 0 bridgehead atoms. The molecule has 1 unspecified atom stereocenters. The first-order valence-corrected chi connectivity index (χ1v) is 6.57. The number of phenolic OH excluding ortho intramolecular Hbond substituents is 1. The summed E-state index contributed by atoms with van der Waals surface area (Å²) in [6, 6.07) is 4.63. The second-order valence-corrected chi connectivity index (χ2v) is 5.48. The van der Waals surface area contributed by atoms with Gasteiger partial charge in [-0.1, -0.05) is 12.2 Å². The molecule has 6 heteroatoms. The molecule has 1 amide bonds.